The third-order valence-corrected chi connectivity index (χ3v) is 1.74. The van der Waals surface area contributed by atoms with E-state index in [4.69, 9.17) is 0 Å². The Morgan fingerprint density at radius 1 is 0.750 bits per heavy atom. The van der Waals surface area contributed by atoms with Gasteiger partial charge in [-0.2, -0.15) is 0 Å². The van der Waals surface area contributed by atoms with Gasteiger partial charge in [-0.05, 0) is 0 Å². The first-order valence-corrected chi connectivity index (χ1v) is 4.89. The topological polar surface area (TPSA) is 102 Å². The Kier molecular flexibility index (Phi) is 6.89. The molecule has 2 atom stereocenters. The van der Waals surface area contributed by atoms with Gasteiger partial charge in [0.1, 0.15) is 0 Å². The molecule has 0 aromatic heterocycles. The third kappa shape index (κ3) is 5.32. The molecular formula is C8H16N4O4. The molecule has 0 aliphatic rings. The van der Waals surface area contributed by atoms with Crippen LogP contribution in [-0.4, -0.2) is 12.5 Å². The molecule has 8 heteroatoms. The lowest BCUT2D eigenvalue weighted by atomic mass is 10.2. The van der Waals surface area contributed by atoms with E-state index in [-0.39, 0.29) is 11.8 Å². The minimum Gasteiger partial charge on any atom is -0.335 e. The molecule has 0 saturated heterocycles. The second kappa shape index (κ2) is 7.66. The van der Waals surface area contributed by atoms with Gasteiger partial charge in [0.15, 0.2) is 10.7 Å². The first kappa shape index (κ1) is 14.4. The average Bonchev–Trinajstić information content (AvgIpc) is 2.21. The Balaban J connectivity index is 4.47. The van der Waals surface area contributed by atoms with E-state index in [1.165, 1.54) is 0 Å². The largest absolute Gasteiger partial charge is 0.335 e. The van der Waals surface area contributed by atoms with Gasteiger partial charge in [0.25, 0.3) is 0 Å². The molecule has 16 heavy (non-hydrogen) atoms. The Hall–Kier alpha value is -1.60. The van der Waals surface area contributed by atoms with Crippen LogP contribution in [0.3, 0.4) is 0 Å². The summed E-state index contributed by atoms with van der Waals surface area (Å²) in [7, 11) is 0. The van der Waals surface area contributed by atoms with Crippen molar-refractivity contribution in [3.63, 3.8) is 0 Å². The quantitative estimate of drug-likeness (QED) is 0.364. The molecule has 0 N–H and O–H groups in total. The maximum Gasteiger partial charge on any atom is 0.241 e. The second-order valence-electron chi connectivity index (χ2n) is 3.86. The van der Waals surface area contributed by atoms with Gasteiger partial charge in [-0.15, -0.1) is 20.0 Å². The SMILES string of the molecule is CC(C)C(N=NC(ON=O)C(C)C)ON=O. The van der Waals surface area contributed by atoms with Gasteiger partial charge in [0.05, 0.1) is 0 Å². The molecule has 0 saturated carbocycles. The highest BCUT2D eigenvalue weighted by Crippen LogP contribution is 2.13. The van der Waals surface area contributed by atoms with E-state index >= 15 is 0 Å². The highest BCUT2D eigenvalue weighted by molar-refractivity contribution is 4.60. The van der Waals surface area contributed by atoms with E-state index in [1.54, 1.807) is 27.7 Å². The molecule has 0 aliphatic heterocycles. The molecule has 0 aromatic carbocycles. The van der Waals surface area contributed by atoms with Crippen LogP contribution in [0.15, 0.2) is 20.9 Å². The Morgan fingerprint density at radius 3 is 1.25 bits per heavy atom. The van der Waals surface area contributed by atoms with E-state index in [9.17, 15) is 9.81 Å². The predicted octanol–water partition coefficient (Wildman–Crippen LogP) is 2.80. The van der Waals surface area contributed by atoms with Gasteiger partial charge in [-0.3, -0.25) is 0 Å². The first-order valence-electron chi connectivity index (χ1n) is 4.89. The van der Waals surface area contributed by atoms with E-state index in [2.05, 4.69) is 30.6 Å². The lowest BCUT2D eigenvalue weighted by Gasteiger charge is -2.14. The van der Waals surface area contributed by atoms with Crippen molar-refractivity contribution in [2.45, 2.75) is 40.2 Å². The van der Waals surface area contributed by atoms with Crippen LogP contribution in [0.25, 0.3) is 0 Å². The van der Waals surface area contributed by atoms with Crippen molar-refractivity contribution in [3.8, 4) is 0 Å². The van der Waals surface area contributed by atoms with Crippen LogP contribution in [-0.2, 0) is 9.68 Å². The predicted molar refractivity (Wildman–Crippen MR) is 55.9 cm³/mol. The first-order chi connectivity index (χ1) is 7.52. The molecule has 8 nitrogen and oxygen atoms in total. The maximum absolute atomic E-state index is 9.95. The van der Waals surface area contributed by atoms with Crippen molar-refractivity contribution in [2.75, 3.05) is 0 Å². The summed E-state index contributed by atoms with van der Waals surface area (Å²) in [5, 5.41) is 12.1. The van der Waals surface area contributed by atoms with Crippen LogP contribution >= 0.6 is 0 Å². The van der Waals surface area contributed by atoms with Gasteiger partial charge in [0.2, 0.25) is 12.5 Å². The monoisotopic (exact) mass is 232 g/mol. The molecule has 0 aromatic rings. The summed E-state index contributed by atoms with van der Waals surface area (Å²) in [5.41, 5.74) is 0. The Morgan fingerprint density at radius 2 is 1.06 bits per heavy atom. The molecule has 92 valence electrons. The standard InChI is InChI=1S/C8H16N4O4/c1-5(2)7(15-11-13)9-10-8(6(3)4)16-12-14/h5-8H,1-4H3. The second-order valence-corrected chi connectivity index (χ2v) is 3.86. The van der Waals surface area contributed by atoms with Crippen molar-refractivity contribution >= 4 is 0 Å². The van der Waals surface area contributed by atoms with Gasteiger partial charge in [-0.1, -0.05) is 27.7 Å². The lowest BCUT2D eigenvalue weighted by molar-refractivity contribution is -0.00114. The van der Waals surface area contributed by atoms with Crippen LogP contribution in [0.2, 0.25) is 0 Å². The molecule has 0 heterocycles. The van der Waals surface area contributed by atoms with Crippen LogP contribution in [0.1, 0.15) is 27.7 Å². The highest BCUT2D eigenvalue weighted by atomic mass is 16.7. The zero-order chi connectivity index (χ0) is 12.6. The Bertz CT molecular complexity index is 220. The van der Waals surface area contributed by atoms with E-state index in [0.29, 0.717) is 0 Å². The summed E-state index contributed by atoms with van der Waals surface area (Å²) in [4.78, 5) is 28.8. The maximum atomic E-state index is 9.95. The third-order valence-electron chi connectivity index (χ3n) is 1.74. The number of nitrogens with zero attached hydrogens (tertiary/aromatic N) is 4. The van der Waals surface area contributed by atoms with Crippen LogP contribution in [0.4, 0.5) is 0 Å². The minimum absolute atomic E-state index is 0.0709. The van der Waals surface area contributed by atoms with E-state index in [1.807, 2.05) is 0 Å². The summed E-state index contributed by atoms with van der Waals surface area (Å²) in [6, 6.07) is 0. The summed E-state index contributed by atoms with van der Waals surface area (Å²) in [5.74, 6) is -0.142. The number of hydrogen-bond acceptors (Lipinski definition) is 8. The molecule has 0 rings (SSSR count). The lowest BCUT2D eigenvalue weighted by Crippen LogP contribution is -2.18. The van der Waals surface area contributed by atoms with Crippen molar-refractivity contribution in [1.29, 1.82) is 0 Å². The zero-order valence-electron chi connectivity index (χ0n) is 9.73. The van der Waals surface area contributed by atoms with Gasteiger partial charge < -0.3 is 9.68 Å². The Labute approximate surface area is 93.3 Å². The number of rotatable bonds is 8. The van der Waals surface area contributed by atoms with Crippen molar-refractivity contribution in [2.24, 2.45) is 32.7 Å². The number of hydrogen-bond donors (Lipinski definition) is 0. The smallest absolute Gasteiger partial charge is 0.241 e. The van der Waals surface area contributed by atoms with Gasteiger partial charge in [-0.25, -0.2) is 0 Å². The average molecular weight is 232 g/mol. The highest BCUT2D eigenvalue weighted by Gasteiger charge is 2.18. The van der Waals surface area contributed by atoms with Crippen LogP contribution < -0.4 is 0 Å². The fourth-order valence-corrected chi connectivity index (χ4v) is 0.772. The van der Waals surface area contributed by atoms with Crippen molar-refractivity contribution in [1.82, 2.24) is 0 Å². The minimum atomic E-state index is -0.783. The molecular weight excluding hydrogens is 216 g/mol. The van der Waals surface area contributed by atoms with E-state index < -0.39 is 12.5 Å². The van der Waals surface area contributed by atoms with Gasteiger partial charge >= 0.3 is 0 Å². The van der Waals surface area contributed by atoms with Gasteiger partial charge in [0, 0.05) is 11.8 Å². The molecule has 0 radical (unpaired) electrons. The summed E-state index contributed by atoms with van der Waals surface area (Å²) in [6.45, 7) is 7.16. The molecule has 0 fully saturated rings. The van der Waals surface area contributed by atoms with Crippen molar-refractivity contribution in [3.05, 3.63) is 9.81 Å². The summed E-state index contributed by atoms with van der Waals surface area (Å²) in [6.07, 6.45) is -1.57. The molecule has 0 spiro atoms. The fraction of sp³-hybridized carbons (Fsp3) is 1.00. The summed E-state index contributed by atoms with van der Waals surface area (Å²) < 4.78 is 0. The van der Waals surface area contributed by atoms with Crippen LogP contribution in [0, 0.1) is 21.6 Å². The molecule has 0 amide bonds. The zero-order valence-corrected chi connectivity index (χ0v) is 9.73. The van der Waals surface area contributed by atoms with E-state index in [0.717, 1.165) is 0 Å². The molecule has 0 bridgehead atoms. The van der Waals surface area contributed by atoms with Crippen molar-refractivity contribution < 1.29 is 9.68 Å². The number of azo groups is 1. The van der Waals surface area contributed by atoms with Crippen LogP contribution in [0.5, 0.6) is 0 Å². The fourth-order valence-electron chi connectivity index (χ4n) is 0.772. The molecule has 0 aliphatic carbocycles. The normalized spacial score (nSPS) is 15.1. The molecule has 2 unspecified atom stereocenters. The summed E-state index contributed by atoms with van der Waals surface area (Å²) >= 11 is 0.